The molecule has 0 saturated heterocycles. The quantitative estimate of drug-likeness (QED) is 0.334. The van der Waals surface area contributed by atoms with Gasteiger partial charge in [0.2, 0.25) is 5.13 Å². The van der Waals surface area contributed by atoms with Crippen LogP contribution in [0.5, 0.6) is 0 Å². The summed E-state index contributed by atoms with van der Waals surface area (Å²) in [5, 5.41) is 13.1. The number of aromatic amines is 2. The van der Waals surface area contributed by atoms with Crippen molar-refractivity contribution in [2.75, 3.05) is 11.1 Å². The fourth-order valence-electron chi connectivity index (χ4n) is 3.69. The zero-order valence-corrected chi connectivity index (χ0v) is 17.5. The Bertz CT molecular complexity index is 1580. The first-order valence-electron chi connectivity index (χ1n) is 10.1. The van der Waals surface area contributed by atoms with Gasteiger partial charge in [-0.15, -0.1) is 10.2 Å². The predicted molar refractivity (Wildman–Crippen MR) is 124 cm³/mol. The largest absolute Gasteiger partial charge is 0.396 e. The number of nitrogens with two attached hydrogens (primary N) is 1. The molecule has 3 heterocycles. The van der Waals surface area contributed by atoms with Gasteiger partial charge in [-0.1, -0.05) is 23.5 Å². The minimum atomic E-state index is -0.345. The first kappa shape index (κ1) is 18.7. The number of benzene rings is 2. The van der Waals surface area contributed by atoms with Crippen molar-refractivity contribution < 1.29 is 4.79 Å². The number of amides is 1. The zero-order chi connectivity index (χ0) is 21.8. The lowest BCUT2D eigenvalue weighted by atomic mass is 10.1. The van der Waals surface area contributed by atoms with Crippen molar-refractivity contribution in [3.05, 3.63) is 63.4 Å². The van der Waals surface area contributed by atoms with Gasteiger partial charge in [0.05, 0.1) is 22.4 Å². The van der Waals surface area contributed by atoms with E-state index in [4.69, 9.17) is 5.73 Å². The van der Waals surface area contributed by atoms with E-state index in [0.29, 0.717) is 49.9 Å². The average molecular weight is 443 g/mol. The minimum absolute atomic E-state index is 0.199. The van der Waals surface area contributed by atoms with E-state index >= 15 is 0 Å². The molecule has 0 aliphatic heterocycles. The van der Waals surface area contributed by atoms with Crippen molar-refractivity contribution in [1.82, 2.24) is 25.1 Å². The maximum Gasteiger partial charge on any atom is 0.276 e. The standard InChI is InChI=1S/C22H17N7O2S/c23-16-12-9-11(19(30)27-22-29-28-21(32-22)10-5-6-10)7-8-13(12)24-17(16)18-20(31)26-15-4-2-1-3-14(15)25-18/h1-4,7-10,24H,5-6,23H2,(H,26,31)(H,27,29,30). The Labute approximate surface area is 184 Å². The van der Waals surface area contributed by atoms with Crippen LogP contribution in [0.4, 0.5) is 10.8 Å². The van der Waals surface area contributed by atoms with E-state index in [2.05, 4.69) is 30.5 Å². The van der Waals surface area contributed by atoms with E-state index in [1.165, 1.54) is 11.3 Å². The van der Waals surface area contributed by atoms with E-state index in [9.17, 15) is 9.59 Å². The normalized spacial score (nSPS) is 13.6. The number of para-hydroxylation sites is 2. The van der Waals surface area contributed by atoms with E-state index in [0.717, 1.165) is 17.8 Å². The smallest absolute Gasteiger partial charge is 0.276 e. The Morgan fingerprint density at radius 1 is 1.09 bits per heavy atom. The molecular formula is C22H17N7O2S. The molecule has 1 saturated carbocycles. The fourth-order valence-corrected chi connectivity index (χ4v) is 4.60. The van der Waals surface area contributed by atoms with Crippen LogP contribution < -0.4 is 16.6 Å². The Hall–Kier alpha value is -4.05. The van der Waals surface area contributed by atoms with Gasteiger partial charge in [-0.2, -0.15) is 0 Å². The lowest BCUT2D eigenvalue weighted by molar-refractivity contribution is 0.102. The van der Waals surface area contributed by atoms with Crippen LogP contribution in [0.2, 0.25) is 0 Å². The molecule has 6 rings (SSSR count). The number of carbonyl (C=O) groups is 1. The summed E-state index contributed by atoms with van der Waals surface area (Å²) in [5.41, 5.74) is 9.44. The molecule has 0 unspecified atom stereocenters. The SMILES string of the molecule is Nc1c(-c2nc3ccccc3[nH]c2=O)[nH]c2ccc(C(=O)Nc3nnc(C4CC4)s3)cc12. The van der Waals surface area contributed by atoms with E-state index in [1.807, 2.05) is 18.2 Å². The second-order valence-electron chi connectivity index (χ2n) is 7.78. The lowest BCUT2D eigenvalue weighted by Crippen LogP contribution is -2.12. The van der Waals surface area contributed by atoms with Crippen molar-refractivity contribution >= 4 is 50.0 Å². The van der Waals surface area contributed by atoms with Crippen molar-refractivity contribution in [2.24, 2.45) is 0 Å². The van der Waals surface area contributed by atoms with Gasteiger partial charge in [-0.05, 0) is 43.2 Å². The number of hydrogen-bond donors (Lipinski definition) is 4. The van der Waals surface area contributed by atoms with Crippen molar-refractivity contribution in [3.8, 4) is 11.4 Å². The number of nitrogens with one attached hydrogen (secondary N) is 3. The summed E-state index contributed by atoms with van der Waals surface area (Å²) in [6.45, 7) is 0. The fraction of sp³-hybridized carbons (Fsp3) is 0.136. The summed E-state index contributed by atoms with van der Waals surface area (Å²) in [4.78, 5) is 35.9. The summed E-state index contributed by atoms with van der Waals surface area (Å²) >= 11 is 1.41. The van der Waals surface area contributed by atoms with Gasteiger partial charge in [0.15, 0.2) is 5.69 Å². The Balaban J connectivity index is 1.36. The number of anilines is 2. The number of rotatable bonds is 4. The molecule has 158 valence electrons. The summed E-state index contributed by atoms with van der Waals surface area (Å²) in [7, 11) is 0. The van der Waals surface area contributed by atoms with Gasteiger partial charge < -0.3 is 15.7 Å². The van der Waals surface area contributed by atoms with E-state index < -0.39 is 0 Å². The predicted octanol–water partition coefficient (Wildman–Crippen LogP) is 3.63. The molecule has 0 atom stereocenters. The number of H-pyrrole nitrogens is 2. The van der Waals surface area contributed by atoms with Crippen LogP contribution in [-0.4, -0.2) is 31.1 Å². The molecule has 0 radical (unpaired) electrons. The van der Waals surface area contributed by atoms with Gasteiger partial charge in [0.1, 0.15) is 5.01 Å². The summed E-state index contributed by atoms with van der Waals surface area (Å²) in [5.74, 6) is 0.189. The molecule has 0 bridgehead atoms. The molecule has 1 aliphatic rings. The van der Waals surface area contributed by atoms with Crippen LogP contribution >= 0.6 is 11.3 Å². The summed E-state index contributed by atoms with van der Waals surface area (Å²) in [6, 6.07) is 12.4. The third-order valence-corrected chi connectivity index (χ3v) is 6.53. The van der Waals surface area contributed by atoms with E-state index in [1.54, 1.807) is 24.3 Å². The van der Waals surface area contributed by atoms with Crippen LogP contribution in [0.15, 0.2) is 47.3 Å². The molecule has 32 heavy (non-hydrogen) atoms. The van der Waals surface area contributed by atoms with Gasteiger partial charge >= 0.3 is 0 Å². The topological polar surface area (TPSA) is 142 Å². The summed E-state index contributed by atoms with van der Waals surface area (Å²) < 4.78 is 0. The number of aromatic nitrogens is 5. The molecule has 1 fully saturated rings. The second kappa shape index (κ2) is 6.99. The van der Waals surface area contributed by atoms with Gasteiger partial charge in [0.25, 0.3) is 11.5 Å². The Morgan fingerprint density at radius 3 is 2.78 bits per heavy atom. The van der Waals surface area contributed by atoms with Gasteiger partial charge in [-0.3, -0.25) is 14.9 Å². The number of hydrogen-bond acceptors (Lipinski definition) is 7. The van der Waals surface area contributed by atoms with Crippen molar-refractivity contribution in [1.29, 1.82) is 0 Å². The minimum Gasteiger partial charge on any atom is -0.396 e. The third kappa shape index (κ3) is 3.12. The molecule has 5 aromatic rings. The van der Waals surface area contributed by atoms with E-state index in [-0.39, 0.29) is 17.2 Å². The van der Waals surface area contributed by atoms with Crippen LogP contribution in [0.25, 0.3) is 33.3 Å². The highest BCUT2D eigenvalue weighted by Crippen LogP contribution is 2.42. The number of nitrogens with zero attached hydrogens (tertiary/aromatic N) is 3. The van der Waals surface area contributed by atoms with Crippen LogP contribution in [-0.2, 0) is 0 Å². The lowest BCUT2D eigenvalue weighted by Gasteiger charge is -2.02. The average Bonchev–Trinajstić information content (AvgIpc) is 3.46. The summed E-state index contributed by atoms with van der Waals surface area (Å²) in [6.07, 6.45) is 2.26. The maximum atomic E-state index is 12.8. The van der Waals surface area contributed by atoms with Gasteiger partial charge in [-0.25, -0.2) is 4.98 Å². The molecule has 5 N–H and O–H groups in total. The number of fused-ring (bicyclic) bond motifs is 2. The first-order valence-corrected chi connectivity index (χ1v) is 10.9. The van der Waals surface area contributed by atoms with Gasteiger partial charge in [0, 0.05) is 22.4 Å². The molecule has 1 amide bonds. The number of carbonyl (C=O) groups excluding carboxylic acids is 1. The van der Waals surface area contributed by atoms with Crippen LogP contribution in [0.1, 0.15) is 34.1 Å². The Morgan fingerprint density at radius 2 is 1.94 bits per heavy atom. The van der Waals surface area contributed by atoms with Crippen LogP contribution in [0.3, 0.4) is 0 Å². The molecule has 9 nitrogen and oxygen atoms in total. The third-order valence-electron chi connectivity index (χ3n) is 5.53. The highest BCUT2D eigenvalue weighted by atomic mass is 32.1. The molecule has 3 aromatic heterocycles. The zero-order valence-electron chi connectivity index (χ0n) is 16.7. The Kier molecular flexibility index (Phi) is 4.08. The number of nitrogen functional groups attached to an aromatic ring is 1. The second-order valence-corrected chi connectivity index (χ2v) is 8.79. The van der Waals surface area contributed by atoms with Crippen molar-refractivity contribution in [2.45, 2.75) is 18.8 Å². The monoisotopic (exact) mass is 443 g/mol. The molecule has 0 spiro atoms. The highest BCUT2D eigenvalue weighted by Gasteiger charge is 2.28. The van der Waals surface area contributed by atoms with Crippen molar-refractivity contribution in [3.63, 3.8) is 0 Å². The maximum absolute atomic E-state index is 12.8. The first-order chi connectivity index (χ1) is 15.6. The molecule has 1 aliphatic carbocycles. The molecule has 2 aromatic carbocycles. The molecular weight excluding hydrogens is 426 g/mol. The van der Waals surface area contributed by atoms with Crippen LogP contribution in [0, 0.1) is 0 Å². The molecule has 10 heteroatoms. The highest BCUT2D eigenvalue weighted by molar-refractivity contribution is 7.15.